The minimum absolute atomic E-state index is 0.0483. The quantitative estimate of drug-likeness (QED) is 0.549. The summed E-state index contributed by atoms with van der Waals surface area (Å²) in [6.45, 7) is 6.55. The number of aromatic nitrogens is 3. The van der Waals surface area contributed by atoms with Gasteiger partial charge in [0.25, 0.3) is 0 Å². The van der Waals surface area contributed by atoms with Crippen LogP contribution in [0.25, 0.3) is 11.0 Å². The Hall–Kier alpha value is -2.90. The molecule has 0 aliphatic rings. The number of hydrogen-bond acceptors (Lipinski definition) is 7. The Morgan fingerprint density at radius 1 is 1.33 bits per heavy atom. The van der Waals surface area contributed by atoms with Gasteiger partial charge in [-0.05, 0) is 19.8 Å². The highest BCUT2D eigenvalue weighted by molar-refractivity contribution is 5.87. The van der Waals surface area contributed by atoms with Crippen molar-refractivity contribution in [1.82, 2.24) is 20.3 Å². The molecule has 0 unspecified atom stereocenters. The number of anilines is 2. The maximum Gasteiger partial charge on any atom is 0.222 e. The molecule has 1 atom stereocenters. The van der Waals surface area contributed by atoms with Gasteiger partial charge in [0.1, 0.15) is 16.8 Å². The highest BCUT2D eigenvalue weighted by Crippen LogP contribution is 2.23. The second-order valence-corrected chi connectivity index (χ2v) is 6.18. The summed E-state index contributed by atoms with van der Waals surface area (Å²) in [6.07, 6.45) is 8.75. The second kappa shape index (κ2) is 10.3. The molecule has 1 amide bonds. The molecule has 146 valence electrons. The highest BCUT2D eigenvalue weighted by Gasteiger charge is 2.14. The molecule has 0 radical (unpaired) electrons. The van der Waals surface area contributed by atoms with Gasteiger partial charge in [-0.25, -0.2) is 9.97 Å². The van der Waals surface area contributed by atoms with Gasteiger partial charge in [0.15, 0.2) is 5.82 Å². The standard InChI is InChI=1S/C19H28N6O2/c1-4-6-7-8-9-14(11-21-13(3)26)23-18-17-16(24-19(20)25-18)10-15(12-22-17)27-5-2/h7-8,10,12,14H,4-6,9,11H2,1-3H3,(H,21,26)(H3,20,23,24,25)/b8-7+/t14-/m0/s1. The summed E-state index contributed by atoms with van der Waals surface area (Å²) in [6, 6.07) is 1.74. The summed E-state index contributed by atoms with van der Waals surface area (Å²) in [5, 5.41) is 6.19. The SMILES string of the molecule is CCC/C=C/C[C@@H](CNC(C)=O)Nc1nc(N)nc2cc(OCC)cnc12. The van der Waals surface area contributed by atoms with E-state index in [1.807, 2.05) is 6.92 Å². The third kappa shape index (κ3) is 6.40. The van der Waals surface area contributed by atoms with Crippen molar-refractivity contribution in [3.8, 4) is 5.75 Å². The largest absolute Gasteiger partial charge is 0.492 e. The van der Waals surface area contributed by atoms with Crippen molar-refractivity contribution >= 4 is 28.7 Å². The molecule has 0 spiro atoms. The van der Waals surface area contributed by atoms with Gasteiger partial charge in [0.2, 0.25) is 11.9 Å². The van der Waals surface area contributed by atoms with E-state index in [-0.39, 0.29) is 17.9 Å². The molecule has 0 fully saturated rings. The third-order valence-electron chi connectivity index (χ3n) is 3.82. The first kappa shape index (κ1) is 20.4. The van der Waals surface area contributed by atoms with Crippen LogP contribution in [0.4, 0.5) is 11.8 Å². The van der Waals surface area contributed by atoms with Gasteiger partial charge < -0.3 is 21.1 Å². The zero-order valence-corrected chi connectivity index (χ0v) is 16.2. The predicted octanol–water partition coefficient (Wildman–Crippen LogP) is 2.67. The maximum absolute atomic E-state index is 11.3. The number of amides is 1. The van der Waals surface area contributed by atoms with Gasteiger partial charge in [-0.15, -0.1) is 0 Å². The Labute approximate surface area is 159 Å². The van der Waals surface area contributed by atoms with Gasteiger partial charge in [0.05, 0.1) is 12.8 Å². The number of nitrogens with two attached hydrogens (primary N) is 1. The number of hydrogen-bond donors (Lipinski definition) is 3. The molecular weight excluding hydrogens is 344 g/mol. The van der Waals surface area contributed by atoms with Crippen LogP contribution in [-0.2, 0) is 4.79 Å². The zero-order chi connectivity index (χ0) is 19.6. The summed E-state index contributed by atoms with van der Waals surface area (Å²) in [4.78, 5) is 24.3. The first-order valence-corrected chi connectivity index (χ1v) is 9.25. The van der Waals surface area contributed by atoms with Gasteiger partial charge in [0, 0.05) is 25.6 Å². The summed E-state index contributed by atoms with van der Waals surface area (Å²) < 4.78 is 5.48. The average molecular weight is 372 g/mol. The number of ether oxygens (including phenoxy) is 1. The summed E-state index contributed by atoms with van der Waals surface area (Å²) >= 11 is 0. The number of carbonyl (C=O) groups is 1. The molecule has 27 heavy (non-hydrogen) atoms. The number of pyridine rings is 1. The molecule has 2 rings (SSSR count). The Morgan fingerprint density at radius 2 is 2.15 bits per heavy atom. The van der Waals surface area contributed by atoms with Crippen molar-refractivity contribution in [2.24, 2.45) is 0 Å². The van der Waals surface area contributed by atoms with Gasteiger partial charge in [-0.3, -0.25) is 4.79 Å². The molecule has 8 nitrogen and oxygen atoms in total. The van der Waals surface area contributed by atoms with Crippen LogP contribution >= 0.6 is 0 Å². The molecular formula is C19H28N6O2. The second-order valence-electron chi connectivity index (χ2n) is 6.18. The van der Waals surface area contributed by atoms with Crippen LogP contribution in [-0.4, -0.2) is 40.1 Å². The van der Waals surface area contributed by atoms with Crippen molar-refractivity contribution in [2.75, 3.05) is 24.2 Å². The number of fused-ring (bicyclic) bond motifs is 1. The van der Waals surface area contributed by atoms with Crippen LogP contribution in [0, 0.1) is 0 Å². The van der Waals surface area contributed by atoms with Crippen LogP contribution in [0.3, 0.4) is 0 Å². The first-order valence-electron chi connectivity index (χ1n) is 9.25. The Kier molecular flexibility index (Phi) is 7.79. The van der Waals surface area contributed by atoms with Gasteiger partial charge in [-0.1, -0.05) is 25.5 Å². The fraction of sp³-hybridized carbons (Fsp3) is 0.474. The fourth-order valence-electron chi connectivity index (χ4n) is 2.56. The maximum atomic E-state index is 11.3. The lowest BCUT2D eigenvalue weighted by molar-refractivity contribution is -0.119. The molecule has 0 aromatic carbocycles. The van der Waals surface area contributed by atoms with E-state index >= 15 is 0 Å². The number of rotatable bonds is 10. The number of unbranched alkanes of at least 4 members (excludes halogenated alkanes) is 1. The zero-order valence-electron chi connectivity index (χ0n) is 16.2. The third-order valence-corrected chi connectivity index (χ3v) is 3.82. The lowest BCUT2D eigenvalue weighted by Crippen LogP contribution is -2.35. The number of nitrogens with one attached hydrogen (secondary N) is 2. The molecule has 2 aromatic rings. The Morgan fingerprint density at radius 3 is 2.85 bits per heavy atom. The van der Waals surface area contributed by atoms with Crippen LogP contribution in [0.1, 0.15) is 40.0 Å². The predicted molar refractivity (Wildman–Crippen MR) is 108 cm³/mol. The topological polar surface area (TPSA) is 115 Å². The van der Waals surface area contributed by atoms with Crippen molar-refractivity contribution < 1.29 is 9.53 Å². The lowest BCUT2D eigenvalue weighted by atomic mass is 10.1. The fourth-order valence-corrected chi connectivity index (χ4v) is 2.56. The molecule has 0 aliphatic heterocycles. The summed E-state index contributed by atoms with van der Waals surface area (Å²) in [5.41, 5.74) is 7.09. The molecule has 2 aromatic heterocycles. The minimum atomic E-state index is -0.0779. The number of nitrogens with zero attached hydrogens (tertiary/aromatic N) is 3. The van der Waals surface area contributed by atoms with Crippen LogP contribution < -0.4 is 21.1 Å². The van der Waals surface area contributed by atoms with Crippen molar-refractivity contribution in [3.63, 3.8) is 0 Å². The monoisotopic (exact) mass is 372 g/mol. The smallest absolute Gasteiger partial charge is 0.222 e. The van der Waals surface area contributed by atoms with Crippen molar-refractivity contribution in [1.29, 1.82) is 0 Å². The molecule has 0 aliphatic carbocycles. The molecule has 4 N–H and O–H groups in total. The average Bonchev–Trinajstić information content (AvgIpc) is 2.62. The summed E-state index contributed by atoms with van der Waals surface area (Å²) in [5.74, 6) is 1.25. The van der Waals surface area contributed by atoms with Crippen molar-refractivity contribution in [2.45, 2.75) is 46.1 Å². The van der Waals surface area contributed by atoms with Gasteiger partial charge >= 0.3 is 0 Å². The van der Waals surface area contributed by atoms with Gasteiger partial charge in [-0.2, -0.15) is 4.98 Å². The van der Waals surface area contributed by atoms with E-state index in [9.17, 15) is 4.79 Å². The van der Waals surface area contributed by atoms with Crippen LogP contribution in [0.5, 0.6) is 5.75 Å². The van der Waals surface area contributed by atoms with E-state index in [1.54, 1.807) is 12.3 Å². The first-order chi connectivity index (χ1) is 13.0. The number of nitrogen functional groups attached to an aromatic ring is 1. The molecule has 0 bridgehead atoms. The number of allylic oxidation sites excluding steroid dienone is 1. The minimum Gasteiger partial charge on any atom is -0.492 e. The van der Waals surface area contributed by atoms with E-state index in [2.05, 4.69) is 44.7 Å². The van der Waals surface area contributed by atoms with E-state index in [0.717, 1.165) is 19.3 Å². The highest BCUT2D eigenvalue weighted by atomic mass is 16.5. The Bertz CT molecular complexity index is 793. The lowest BCUT2D eigenvalue weighted by Gasteiger charge is -2.19. The normalized spacial score (nSPS) is 12.3. The summed E-state index contributed by atoms with van der Waals surface area (Å²) in [7, 11) is 0. The molecule has 2 heterocycles. The molecule has 0 saturated carbocycles. The number of carbonyl (C=O) groups excluding carboxylic acids is 1. The van der Waals surface area contributed by atoms with Crippen LogP contribution in [0.2, 0.25) is 0 Å². The van der Waals surface area contributed by atoms with Crippen molar-refractivity contribution in [3.05, 3.63) is 24.4 Å². The van der Waals surface area contributed by atoms with Crippen LogP contribution in [0.15, 0.2) is 24.4 Å². The van der Waals surface area contributed by atoms with E-state index in [4.69, 9.17) is 10.5 Å². The van der Waals surface area contributed by atoms with E-state index < -0.39 is 0 Å². The van der Waals surface area contributed by atoms with E-state index in [0.29, 0.717) is 35.8 Å². The Balaban J connectivity index is 2.26. The molecule has 8 heteroatoms. The van der Waals surface area contributed by atoms with E-state index in [1.165, 1.54) is 6.92 Å². The molecule has 0 saturated heterocycles.